The van der Waals surface area contributed by atoms with Crippen LogP contribution in [0.15, 0.2) is 12.1 Å². The molecule has 0 amide bonds. The molecule has 2 N–H and O–H groups in total. The maximum atomic E-state index is 13.0. The number of hydrogen-bond acceptors (Lipinski definition) is 1. The van der Waals surface area contributed by atoms with Crippen LogP contribution in [0.25, 0.3) is 0 Å². The summed E-state index contributed by atoms with van der Waals surface area (Å²) in [6, 6.07) is 2.62. The van der Waals surface area contributed by atoms with E-state index in [9.17, 15) is 13.3 Å². The van der Waals surface area contributed by atoms with E-state index in [1.165, 1.54) is 6.07 Å². The van der Waals surface area contributed by atoms with Crippen LogP contribution in [-0.4, -0.2) is 9.79 Å². The molecule has 0 atom stereocenters. The van der Waals surface area contributed by atoms with Crippen molar-refractivity contribution in [3.8, 4) is 0 Å². The van der Waals surface area contributed by atoms with Crippen LogP contribution in [0, 0.1) is 0 Å². The van der Waals surface area contributed by atoms with Crippen LogP contribution in [0.5, 0.6) is 0 Å². The highest BCUT2D eigenvalue weighted by Gasteiger charge is 2.28. The molecule has 0 heterocycles. The molecule has 0 aliphatic rings. The minimum atomic E-state index is -4.66. The number of benzene rings is 1. The molecule has 0 radical (unpaired) electrons. The molecular formula is C11H15F2O3P. The van der Waals surface area contributed by atoms with Crippen molar-refractivity contribution in [1.82, 2.24) is 0 Å². The fraction of sp³-hybridized carbons (Fsp3) is 0.455. The minimum absolute atomic E-state index is 0.330. The van der Waals surface area contributed by atoms with Gasteiger partial charge in [0, 0.05) is 5.56 Å². The summed E-state index contributed by atoms with van der Waals surface area (Å²) >= 11 is 0. The zero-order valence-corrected chi connectivity index (χ0v) is 10.5. The lowest BCUT2D eigenvalue weighted by molar-refractivity contribution is 0.151. The first-order chi connectivity index (χ1) is 7.82. The maximum Gasteiger partial charge on any atom is 0.356 e. The van der Waals surface area contributed by atoms with Crippen molar-refractivity contribution < 1.29 is 23.1 Å². The summed E-state index contributed by atoms with van der Waals surface area (Å²) in [6.45, 7) is 3.52. The van der Waals surface area contributed by atoms with Gasteiger partial charge in [-0.15, -0.1) is 0 Å². The van der Waals surface area contributed by atoms with Gasteiger partial charge in [-0.1, -0.05) is 19.9 Å². The lowest BCUT2D eigenvalue weighted by atomic mass is 9.97. The van der Waals surface area contributed by atoms with Crippen LogP contribution in [-0.2, 0) is 17.4 Å². The molecule has 0 aromatic heterocycles. The van der Waals surface area contributed by atoms with E-state index < -0.39 is 24.9 Å². The molecule has 96 valence electrons. The standard InChI is InChI=1S/C11H15F2O3P/c1-3-7-5-6-9(17(14,15)16)10(11(12)13)8(7)4-2/h5-6,11H,3-4H2,1-2H3,(H2,14,15,16). The topological polar surface area (TPSA) is 57.5 Å². The Bertz CT molecular complexity index is 454. The minimum Gasteiger partial charge on any atom is -0.321 e. The van der Waals surface area contributed by atoms with Crippen molar-refractivity contribution in [1.29, 1.82) is 0 Å². The summed E-state index contributed by atoms with van der Waals surface area (Å²) in [5, 5.41) is -0.554. The lowest BCUT2D eigenvalue weighted by Crippen LogP contribution is -2.16. The Kier molecular flexibility index (Phi) is 4.42. The molecule has 0 aliphatic carbocycles. The SMILES string of the molecule is CCc1ccc(P(=O)(O)O)c(C(F)F)c1CC. The molecule has 0 aliphatic heterocycles. The molecule has 0 saturated carbocycles. The fourth-order valence-corrected chi connectivity index (χ4v) is 2.76. The molecule has 0 unspecified atom stereocenters. The van der Waals surface area contributed by atoms with Gasteiger partial charge in [-0.25, -0.2) is 8.78 Å². The lowest BCUT2D eigenvalue weighted by Gasteiger charge is -2.17. The van der Waals surface area contributed by atoms with Crippen LogP contribution in [0.4, 0.5) is 8.78 Å². The third-order valence-electron chi connectivity index (χ3n) is 2.70. The van der Waals surface area contributed by atoms with Crippen LogP contribution < -0.4 is 5.30 Å². The Morgan fingerprint density at radius 2 is 1.82 bits per heavy atom. The Morgan fingerprint density at radius 1 is 1.24 bits per heavy atom. The third-order valence-corrected chi connectivity index (χ3v) is 3.72. The number of rotatable bonds is 4. The van der Waals surface area contributed by atoms with E-state index in [1.807, 2.05) is 6.92 Å². The summed E-state index contributed by atoms with van der Waals surface area (Å²) in [5.41, 5.74) is 0.559. The van der Waals surface area contributed by atoms with Gasteiger partial charge in [0.2, 0.25) is 0 Å². The molecule has 0 spiro atoms. The van der Waals surface area contributed by atoms with E-state index >= 15 is 0 Å². The normalized spacial score (nSPS) is 12.2. The molecule has 0 bridgehead atoms. The Morgan fingerprint density at radius 3 is 2.18 bits per heavy atom. The maximum absolute atomic E-state index is 13.0. The number of alkyl halides is 2. The summed E-state index contributed by atoms with van der Waals surface area (Å²) in [6.07, 6.45) is -1.99. The van der Waals surface area contributed by atoms with E-state index in [2.05, 4.69) is 0 Å². The van der Waals surface area contributed by atoms with Crippen LogP contribution >= 0.6 is 7.60 Å². The second-order valence-corrected chi connectivity index (χ2v) is 5.26. The van der Waals surface area contributed by atoms with E-state index in [-0.39, 0.29) is 0 Å². The molecule has 0 fully saturated rings. The van der Waals surface area contributed by atoms with E-state index in [1.54, 1.807) is 6.92 Å². The van der Waals surface area contributed by atoms with Crippen molar-refractivity contribution in [2.24, 2.45) is 0 Å². The quantitative estimate of drug-likeness (QED) is 0.822. The second-order valence-electron chi connectivity index (χ2n) is 3.69. The first-order valence-corrected chi connectivity index (χ1v) is 6.93. The van der Waals surface area contributed by atoms with Gasteiger partial charge in [-0.3, -0.25) is 4.57 Å². The van der Waals surface area contributed by atoms with Gasteiger partial charge in [-0.05, 0) is 30.0 Å². The zero-order chi connectivity index (χ0) is 13.2. The van der Waals surface area contributed by atoms with E-state index in [4.69, 9.17) is 9.79 Å². The van der Waals surface area contributed by atoms with E-state index in [0.717, 1.165) is 6.07 Å². The molecule has 1 rings (SSSR count). The summed E-state index contributed by atoms with van der Waals surface area (Å²) in [5.74, 6) is 0. The van der Waals surface area contributed by atoms with Crippen LogP contribution in [0.3, 0.4) is 0 Å². The van der Waals surface area contributed by atoms with Crippen LogP contribution in [0.2, 0.25) is 0 Å². The highest BCUT2D eigenvalue weighted by Crippen LogP contribution is 2.39. The third kappa shape index (κ3) is 2.92. The monoisotopic (exact) mass is 264 g/mol. The van der Waals surface area contributed by atoms with Gasteiger partial charge in [-0.2, -0.15) is 0 Å². The highest BCUT2D eigenvalue weighted by atomic mass is 31.2. The van der Waals surface area contributed by atoms with Crippen molar-refractivity contribution in [2.45, 2.75) is 33.1 Å². The predicted octanol–water partition coefficient (Wildman–Crippen LogP) is 2.55. The summed E-state index contributed by atoms with van der Waals surface area (Å²) in [7, 11) is -4.66. The predicted molar refractivity (Wildman–Crippen MR) is 61.8 cm³/mol. The molecule has 6 heteroatoms. The first kappa shape index (κ1) is 14.3. The van der Waals surface area contributed by atoms with E-state index in [0.29, 0.717) is 24.0 Å². The van der Waals surface area contributed by atoms with Gasteiger partial charge in [0.15, 0.2) is 0 Å². The molecule has 17 heavy (non-hydrogen) atoms. The van der Waals surface area contributed by atoms with Gasteiger partial charge in [0.25, 0.3) is 6.43 Å². The average molecular weight is 264 g/mol. The molecule has 3 nitrogen and oxygen atoms in total. The average Bonchev–Trinajstić information content (AvgIpc) is 2.25. The number of halogens is 2. The van der Waals surface area contributed by atoms with Crippen molar-refractivity contribution in [2.75, 3.05) is 0 Å². The van der Waals surface area contributed by atoms with Gasteiger partial charge in [0.1, 0.15) is 0 Å². The molecule has 0 saturated heterocycles. The second kappa shape index (κ2) is 5.25. The largest absolute Gasteiger partial charge is 0.356 e. The fourth-order valence-electron chi connectivity index (χ4n) is 1.94. The van der Waals surface area contributed by atoms with Crippen LogP contribution in [0.1, 0.15) is 37.0 Å². The Balaban J connectivity index is 3.59. The smallest absolute Gasteiger partial charge is 0.321 e. The van der Waals surface area contributed by atoms with Gasteiger partial charge < -0.3 is 9.79 Å². The highest BCUT2D eigenvalue weighted by molar-refractivity contribution is 7.60. The number of hydrogen-bond donors (Lipinski definition) is 2. The zero-order valence-electron chi connectivity index (χ0n) is 9.65. The molecular weight excluding hydrogens is 249 g/mol. The summed E-state index contributed by atoms with van der Waals surface area (Å²) < 4.78 is 37.1. The summed E-state index contributed by atoms with van der Waals surface area (Å²) in [4.78, 5) is 18.2. The molecule has 1 aromatic carbocycles. The van der Waals surface area contributed by atoms with Crippen molar-refractivity contribution >= 4 is 12.9 Å². The Labute approximate surface area is 98.6 Å². The van der Waals surface area contributed by atoms with Gasteiger partial charge in [0.05, 0.1) is 5.30 Å². The Hall–Kier alpha value is -0.770. The number of aryl methyl sites for hydroxylation is 1. The molecule has 1 aromatic rings. The van der Waals surface area contributed by atoms with Crippen molar-refractivity contribution in [3.05, 3.63) is 28.8 Å². The van der Waals surface area contributed by atoms with Crippen molar-refractivity contribution in [3.63, 3.8) is 0 Å². The first-order valence-electron chi connectivity index (χ1n) is 5.31. The van der Waals surface area contributed by atoms with Gasteiger partial charge >= 0.3 is 7.60 Å².